The number of para-hydroxylation sites is 2. The smallest absolute Gasteiger partial charge is 0.352 e. The second-order valence-corrected chi connectivity index (χ2v) is 6.63. The van der Waals surface area contributed by atoms with E-state index in [0.29, 0.717) is 31.7 Å². The third-order valence-corrected chi connectivity index (χ3v) is 4.74. The van der Waals surface area contributed by atoms with Crippen LogP contribution in [0.4, 0.5) is 19.0 Å². The lowest BCUT2D eigenvalue weighted by molar-refractivity contribution is -0.140. The average Bonchev–Trinajstić information content (AvgIpc) is 2.68. The van der Waals surface area contributed by atoms with Crippen LogP contribution in [-0.4, -0.2) is 41.0 Å². The summed E-state index contributed by atoms with van der Waals surface area (Å²) in [5.74, 6) is -0.0689. The summed E-state index contributed by atoms with van der Waals surface area (Å²) < 4.78 is 40.7. The predicted octanol–water partition coefficient (Wildman–Crippen LogP) is 3.97. The molecule has 0 amide bonds. The molecule has 1 aliphatic rings. The van der Waals surface area contributed by atoms with E-state index in [1.807, 2.05) is 18.2 Å². The minimum atomic E-state index is -4.53. The maximum Gasteiger partial charge on any atom is 0.437 e. The van der Waals surface area contributed by atoms with Crippen molar-refractivity contribution in [2.75, 3.05) is 31.1 Å². The maximum absolute atomic E-state index is 13.6. The minimum Gasteiger partial charge on any atom is -0.352 e. The van der Waals surface area contributed by atoms with Crippen LogP contribution in [0.1, 0.15) is 11.3 Å². The molecule has 1 aliphatic heterocycles. The summed E-state index contributed by atoms with van der Waals surface area (Å²) in [4.78, 5) is 12.1. The molecule has 0 N–H and O–H groups in total. The van der Waals surface area contributed by atoms with E-state index in [4.69, 9.17) is 0 Å². The van der Waals surface area contributed by atoms with Crippen molar-refractivity contribution in [1.82, 2.24) is 14.9 Å². The summed E-state index contributed by atoms with van der Waals surface area (Å²) in [7, 11) is 0. The molecule has 140 valence electrons. The van der Waals surface area contributed by atoms with Crippen molar-refractivity contribution in [1.29, 1.82) is 0 Å². The number of rotatable bonds is 3. The molecule has 2 heterocycles. The van der Waals surface area contributed by atoms with Gasteiger partial charge in [0, 0.05) is 32.7 Å². The molecule has 1 aromatic heterocycles. The lowest BCUT2D eigenvalue weighted by Crippen LogP contribution is -2.47. The molecule has 0 aliphatic carbocycles. The van der Waals surface area contributed by atoms with Gasteiger partial charge in [-0.3, -0.25) is 4.90 Å². The lowest BCUT2D eigenvalue weighted by atomic mass is 10.2. The van der Waals surface area contributed by atoms with E-state index in [-0.39, 0.29) is 11.3 Å². The van der Waals surface area contributed by atoms with Crippen LogP contribution in [0.5, 0.6) is 0 Å². The topological polar surface area (TPSA) is 32.3 Å². The zero-order valence-corrected chi connectivity index (χ0v) is 14.7. The van der Waals surface area contributed by atoms with Gasteiger partial charge < -0.3 is 4.90 Å². The van der Waals surface area contributed by atoms with Gasteiger partial charge in [0.2, 0.25) is 0 Å². The Kier molecular flexibility index (Phi) is 4.70. The molecule has 0 spiro atoms. The molecule has 27 heavy (non-hydrogen) atoms. The van der Waals surface area contributed by atoms with Crippen molar-refractivity contribution >= 4 is 16.9 Å². The van der Waals surface area contributed by atoms with Crippen LogP contribution in [0, 0.1) is 0 Å². The first-order chi connectivity index (χ1) is 13.0. The normalized spacial score (nSPS) is 16.0. The van der Waals surface area contributed by atoms with Gasteiger partial charge in [0.05, 0.1) is 11.0 Å². The number of anilines is 1. The molecule has 4 rings (SSSR count). The van der Waals surface area contributed by atoms with Crippen molar-refractivity contribution in [2.24, 2.45) is 0 Å². The Balaban J connectivity index is 1.56. The first-order valence-corrected chi connectivity index (χ1v) is 8.86. The van der Waals surface area contributed by atoms with Gasteiger partial charge in [0.1, 0.15) is 0 Å². The number of benzene rings is 2. The van der Waals surface area contributed by atoms with Crippen LogP contribution in [0.25, 0.3) is 11.0 Å². The predicted molar refractivity (Wildman–Crippen MR) is 98.5 cm³/mol. The third kappa shape index (κ3) is 3.88. The largest absolute Gasteiger partial charge is 0.437 e. The van der Waals surface area contributed by atoms with E-state index in [9.17, 15) is 13.2 Å². The number of fused-ring (bicyclic) bond motifs is 1. The number of hydrogen-bond donors (Lipinski definition) is 0. The van der Waals surface area contributed by atoms with Gasteiger partial charge in [-0.05, 0) is 17.7 Å². The van der Waals surface area contributed by atoms with Gasteiger partial charge in [-0.1, -0.05) is 42.5 Å². The lowest BCUT2D eigenvalue weighted by Gasteiger charge is -2.36. The number of nitrogens with zero attached hydrogens (tertiary/aromatic N) is 4. The van der Waals surface area contributed by atoms with Gasteiger partial charge in [0.25, 0.3) is 0 Å². The highest BCUT2D eigenvalue weighted by Crippen LogP contribution is 2.35. The molecule has 7 heteroatoms. The van der Waals surface area contributed by atoms with Gasteiger partial charge >= 0.3 is 6.18 Å². The van der Waals surface area contributed by atoms with Crippen LogP contribution >= 0.6 is 0 Å². The Hall–Kier alpha value is -2.67. The van der Waals surface area contributed by atoms with Crippen molar-refractivity contribution in [3.05, 3.63) is 65.9 Å². The second kappa shape index (κ2) is 7.15. The zero-order chi connectivity index (χ0) is 18.9. The summed E-state index contributed by atoms with van der Waals surface area (Å²) in [6.45, 7) is 3.14. The van der Waals surface area contributed by atoms with Crippen LogP contribution in [0.2, 0.25) is 0 Å². The van der Waals surface area contributed by atoms with Crippen LogP contribution < -0.4 is 4.90 Å². The van der Waals surface area contributed by atoms with E-state index < -0.39 is 11.9 Å². The van der Waals surface area contributed by atoms with Crippen LogP contribution in [0.3, 0.4) is 0 Å². The number of aromatic nitrogens is 2. The first kappa shape index (κ1) is 17.7. The fraction of sp³-hybridized carbons (Fsp3) is 0.300. The molecule has 0 saturated carbocycles. The van der Waals surface area contributed by atoms with E-state index in [2.05, 4.69) is 27.0 Å². The number of hydrogen-bond acceptors (Lipinski definition) is 4. The molecule has 4 nitrogen and oxygen atoms in total. The molecular formula is C20H19F3N4. The standard InChI is InChI=1S/C20H19F3N4/c21-20(22,23)18-19(25-17-9-5-4-8-16(17)24-18)27-12-10-26(11-13-27)14-15-6-2-1-3-7-15/h1-9H,10-14H2. The first-order valence-electron chi connectivity index (χ1n) is 8.86. The Morgan fingerprint density at radius 2 is 1.37 bits per heavy atom. The van der Waals surface area contributed by atoms with E-state index in [1.165, 1.54) is 5.56 Å². The molecule has 2 aromatic carbocycles. The summed E-state index contributed by atoms with van der Waals surface area (Å²) in [6.07, 6.45) is -4.53. The maximum atomic E-state index is 13.6. The Labute approximate surface area is 155 Å². The number of alkyl halides is 3. The highest BCUT2D eigenvalue weighted by atomic mass is 19.4. The summed E-state index contributed by atoms with van der Waals surface area (Å²) in [6, 6.07) is 16.7. The quantitative estimate of drug-likeness (QED) is 0.696. The summed E-state index contributed by atoms with van der Waals surface area (Å²) in [5, 5.41) is 0. The van der Waals surface area contributed by atoms with Gasteiger partial charge in [0.15, 0.2) is 11.5 Å². The number of piperazine rings is 1. The van der Waals surface area contributed by atoms with Crippen LogP contribution in [0.15, 0.2) is 54.6 Å². The third-order valence-electron chi connectivity index (χ3n) is 4.74. The fourth-order valence-corrected chi connectivity index (χ4v) is 3.36. The molecular weight excluding hydrogens is 353 g/mol. The minimum absolute atomic E-state index is 0.0689. The molecule has 0 unspecified atom stereocenters. The molecule has 0 atom stereocenters. The fourth-order valence-electron chi connectivity index (χ4n) is 3.36. The molecule has 1 fully saturated rings. The van der Waals surface area contributed by atoms with Crippen molar-refractivity contribution in [3.63, 3.8) is 0 Å². The molecule has 3 aromatic rings. The Bertz CT molecular complexity index is 919. The van der Waals surface area contributed by atoms with Gasteiger partial charge in [-0.25, -0.2) is 9.97 Å². The van der Waals surface area contributed by atoms with Crippen molar-refractivity contribution in [2.45, 2.75) is 12.7 Å². The Morgan fingerprint density at radius 1 is 0.778 bits per heavy atom. The van der Waals surface area contributed by atoms with E-state index in [0.717, 1.165) is 6.54 Å². The zero-order valence-electron chi connectivity index (χ0n) is 14.7. The second-order valence-electron chi connectivity index (χ2n) is 6.63. The summed E-state index contributed by atoms with van der Waals surface area (Å²) in [5.41, 5.74) is 1.04. The molecule has 1 saturated heterocycles. The highest BCUT2D eigenvalue weighted by Gasteiger charge is 2.39. The highest BCUT2D eigenvalue weighted by molar-refractivity contribution is 5.76. The van der Waals surface area contributed by atoms with Crippen molar-refractivity contribution < 1.29 is 13.2 Å². The SMILES string of the molecule is FC(F)(F)c1nc2ccccc2nc1N1CCN(Cc2ccccc2)CC1. The molecule has 0 radical (unpaired) electrons. The summed E-state index contributed by atoms with van der Waals surface area (Å²) >= 11 is 0. The van der Waals surface area contributed by atoms with E-state index in [1.54, 1.807) is 29.2 Å². The monoisotopic (exact) mass is 372 g/mol. The molecule has 0 bridgehead atoms. The van der Waals surface area contributed by atoms with Crippen LogP contribution in [-0.2, 0) is 12.7 Å². The van der Waals surface area contributed by atoms with E-state index >= 15 is 0 Å². The Morgan fingerprint density at radius 3 is 2.00 bits per heavy atom. The number of halogens is 3. The van der Waals surface area contributed by atoms with Gasteiger partial charge in [-0.2, -0.15) is 13.2 Å². The average molecular weight is 372 g/mol. The van der Waals surface area contributed by atoms with Gasteiger partial charge in [-0.15, -0.1) is 0 Å². The van der Waals surface area contributed by atoms with Crippen molar-refractivity contribution in [3.8, 4) is 0 Å².